The van der Waals surface area contributed by atoms with E-state index in [9.17, 15) is 14.4 Å². The zero-order chi connectivity index (χ0) is 15.4. The molecule has 0 radical (unpaired) electrons. The van der Waals surface area contributed by atoms with Crippen LogP contribution in [0.25, 0.3) is 0 Å². The third kappa shape index (κ3) is 4.16. The van der Waals surface area contributed by atoms with Gasteiger partial charge in [0.15, 0.2) is 5.69 Å². The van der Waals surface area contributed by atoms with Gasteiger partial charge in [-0.15, -0.1) is 0 Å². The first-order valence-electron chi connectivity index (χ1n) is 6.53. The fourth-order valence-corrected chi connectivity index (χ4v) is 1.65. The van der Waals surface area contributed by atoms with Crippen LogP contribution in [0, 0.1) is 0 Å². The molecule has 1 unspecified atom stereocenters. The number of hydrogen-bond acceptors (Lipinski definition) is 4. The lowest BCUT2D eigenvalue weighted by Crippen LogP contribution is -2.47. The van der Waals surface area contributed by atoms with E-state index in [0.717, 1.165) is 12.8 Å². The van der Waals surface area contributed by atoms with Gasteiger partial charge in [-0.2, -0.15) is 0 Å². The van der Waals surface area contributed by atoms with Gasteiger partial charge in [-0.05, 0) is 31.9 Å². The predicted molar refractivity (Wildman–Crippen MR) is 74.0 cm³/mol. The SMILES string of the molecule is CC(NC(=O)Nc1cccnc1C(=O)O)C(=O)NC1CC1. The van der Waals surface area contributed by atoms with Crippen LogP contribution in [-0.4, -0.2) is 40.1 Å². The lowest BCUT2D eigenvalue weighted by molar-refractivity contribution is -0.122. The molecule has 0 saturated heterocycles. The zero-order valence-electron chi connectivity index (χ0n) is 11.4. The Labute approximate surface area is 120 Å². The largest absolute Gasteiger partial charge is 0.476 e. The average molecular weight is 292 g/mol. The van der Waals surface area contributed by atoms with Gasteiger partial charge in [-0.3, -0.25) is 4.79 Å². The van der Waals surface area contributed by atoms with Crippen molar-refractivity contribution in [2.24, 2.45) is 0 Å². The van der Waals surface area contributed by atoms with Gasteiger partial charge in [-0.1, -0.05) is 0 Å². The highest BCUT2D eigenvalue weighted by atomic mass is 16.4. The van der Waals surface area contributed by atoms with Crippen molar-refractivity contribution in [1.29, 1.82) is 0 Å². The second-order valence-corrected chi connectivity index (χ2v) is 4.81. The molecule has 21 heavy (non-hydrogen) atoms. The highest BCUT2D eigenvalue weighted by Crippen LogP contribution is 2.18. The molecule has 1 aliphatic rings. The smallest absolute Gasteiger partial charge is 0.356 e. The number of carbonyl (C=O) groups is 3. The normalized spacial score (nSPS) is 14.9. The van der Waals surface area contributed by atoms with Crippen LogP contribution in [-0.2, 0) is 4.79 Å². The topological polar surface area (TPSA) is 120 Å². The zero-order valence-corrected chi connectivity index (χ0v) is 11.4. The number of hydrogen-bond donors (Lipinski definition) is 4. The molecular weight excluding hydrogens is 276 g/mol. The van der Waals surface area contributed by atoms with E-state index < -0.39 is 18.0 Å². The molecule has 112 valence electrons. The summed E-state index contributed by atoms with van der Waals surface area (Å²) in [6.07, 6.45) is 3.24. The van der Waals surface area contributed by atoms with E-state index in [1.807, 2.05) is 0 Å². The molecule has 3 amide bonds. The molecule has 1 aromatic heterocycles. The molecule has 1 atom stereocenters. The molecule has 1 aromatic rings. The molecule has 2 rings (SSSR count). The summed E-state index contributed by atoms with van der Waals surface area (Å²) >= 11 is 0. The van der Waals surface area contributed by atoms with Crippen molar-refractivity contribution in [3.05, 3.63) is 24.0 Å². The molecule has 0 aromatic carbocycles. The van der Waals surface area contributed by atoms with Gasteiger partial charge in [-0.25, -0.2) is 14.6 Å². The van der Waals surface area contributed by atoms with Crippen LogP contribution < -0.4 is 16.0 Å². The number of aromatic nitrogens is 1. The van der Waals surface area contributed by atoms with Crippen molar-refractivity contribution in [2.45, 2.75) is 31.8 Å². The number of anilines is 1. The van der Waals surface area contributed by atoms with Crippen LogP contribution >= 0.6 is 0 Å². The third-order valence-electron chi connectivity index (χ3n) is 2.92. The Kier molecular flexibility index (Phi) is 4.36. The van der Waals surface area contributed by atoms with Crippen LogP contribution in [0.3, 0.4) is 0 Å². The predicted octanol–water partition coefficient (Wildman–Crippen LogP) is 0.568. The molecule has 8 heteroatoms. The molecule has 1 aliphatic carbocycles. The Morgan fingerprint density at radius 3 is 2.71 bits per heavy atom. The van der Waals surface area contributed by atoms with Crippen LogP contribution in [0.1, 0.15) is 30.3 Å². The number of pyridine rings is 1. The van der Waals surface area contributed by atoms with Gasteiger partial charge >= 0.3 is 12.0 Å². The Hall–Kier alpha value is -2.64. The van der Waals surface area contributed by atoms with E-state index in [0.29, 0.717) is 0 Å². The van der Waals surface area contributed by atoms with Gasteiger partial charge < -0.3 is 21.1 Å². The van der Waals surface area contributed by atoms with E-state index in [2.05, 4.69) is 20.9 Å². The summed E-state index contributed by atoms with van der Waals surface area (Å²) in [5.41, 5.74) is -0.194. The summed E-state index contributed by atoms with van der Waals surface area (Å²) in [6.45, 7) is 1.55. The first kappa shape index (κ1) is 14.8. The molecule has 4 N–H and O–H groups in total. The van der Waals surface area contributed by atoms with Crippen LogP contribution in [0.5, 0.6) is 0 Å². The monoisotopic (exact) mass is 292 g/mol. The number of carbonyl (C=O) groups excluding carboxylic acids is 2. The maximum atomic E-state index is 11.8. The number of nitrogens with zero attached hydrogens (tertiary/aromatic N) is 1. The highest BCUT2D eigenvalue weighted by Gasteiger charge is 2.26. The minimum absolute atomic E-state index is 0.0669. The van der Waals surface area contributed by atoms with E-state index in [4.69, 9.17) is 5.11 Å². The summed E-state index contributed by atoms with van der Waals surface area (Å²) in [5, 5.41) is 16.5. The van der Waals surface area contributed by atoms with E-state index in [1.54, 1.807) is 6.92 Å². The summed E-state index contributed by atoms with van der Waals surface area (Å²) in [6, 6.07) is 1.76. The van der Waals surface area contributed by atoms with Gasteiger partial charge in [0.1, 0.15) is 6.04 Å². The van der Waals surface area contributed by atoms with Gasteiger partial charge in [0.05, 0.1) is 5.69 Å². The second-order valence-electron chi connectivity index (χ2n) is 4.81. The summed E-state index contributed by atoms with van der Waals surface area (Å²) in [7, 11) is 0. The van der Waals surface area contributed by atoms with Crippen LogP contribution in [0.15, 0.2) is 18.3 Å². The molecule has 1 saturated carbocycles. The minimum Gasteiger partial charge on any atom is -0.476 e. The molecule has 0 bridgehead atoms. The first-order valence-corrected chi connectivity index (χ1v) is 6.53. The Morgan fingerprint density at radius 2 is 2.10 bits per heavy atom. The molecule has 1 heterocycles. The number of carboxylic acids is 1. The van der Waals surface area contributed by atoms with Crippen molar-refractivity contribution < 1.29 is 19.5 Å². The fourth-order valence-electron chi connectivity index (χ4n) is 1.65. The Balaban J connectivity index is 1.92. The molecule has 0 spiro atoms. The standard InChI is InChI=1S/C13H16N4O4/c1-7(11(18)16-8-4-5-8)15-13(21)17-9-3-2-6-14-10(9)12(19)20/h2-3,6-8H,4-5H2,1H3,(H,16,18)(H,19,20)(H2,15,17,21). The average Bonchev–Trinajstić information content (AvgIpc) is 3.22. The summed E-state index contributed by atoms with van der Waals surface area (Å²) in [4.78, 5) is 38.1. The summed E-state index contributed by atoms with van der Waals surface area (Å²) in [5.74, 6) is -1.51. The number of carboxylic acid groups (broad SMARTS) is 1. The molecule has 8 nitrogen and oxygen atoms in total. The number of amides is 3. The van der Waals surface area contributed by atoms with Crippen molar-refractivity contribution in [1.82, 2.24) is 15.6 Å². The Morgan fingerprint density at radius 1 is 1.38 bits per heavy atom. The van der Waals surface area contributed by atoms with Crippen molar-refractivity contribution >= 4 is 23.6 Å². The second kappa shape index (κ2) is 6.21. The van der Waals surface area contributed by atoms with Crippen molar-refractivity contribution in [2.75, 3.05) is 5.32 Å². The fraction of sp³-hybridized carbons (Fsp3) is 0.385. The number of rotatable bonds is 5. The highest BCUT2D eigenvalue weighted by molar-refractivity contribution is 5.99. The minimum atomic E-state index is -1.24. The number of aromatic carboxylic acids is 1. The van der Waals surface area contributed by atoms with Crippen LogP contribution in [0.4, 0.5) is 10.5 Å². The van der Waals surface area contributed by atoms with Crippen LogP contribution in [0.2, 0.25) is 0 Å². The molecule has 0 aliphatic heterocycles. The van der Waals surface area contributed by atoms with E-state index >= 15 is 0 Å². The maximum absolute atomic E-state index is 11.8. The Bertz CT molecular complexity index is 571. The lowest BCUT2D eigenvalue weighted by Gasteiger charge is -2.15. The van der Waals surface area contributed by atoms with Gasteiger partial charge in [0.25, 0.3) is 0 Å². The lowest BCUT2D eigenvalue weighted by atomic mass is 10.3. The van der Waals surface area contributed by atoms with Gasteiger partial charge in [0, 0.05) is 12.2 Å². The molecular formula is C13H16N4O4. The maximum Gasteiger partial charge on any atom is 0.356 e. The third-order valence-corrected chi connectivity index (χ3v) is 2.92. The number of urea groups is 1. The first-order chi connectivity index (χ1) is 9.97. The van der Waals surface area contributed by atoms with E-state index in [1.165, 1.54) is 18.3 Å². The van der Waals surface area contributed by atoms with Crippen molar-refractivity contribution in [3.8, 4) is 0 Å². The van der Waals surface area contributed by atoms with E-state index in [-0.39, 0.29) is 23.3 Å². The number of nitrogens with one attached hydrogen (secondary N) is 3. The quantitative estimate of drug-likeness (QED) is 0.632. The van der Waals surface area contributed by atoms with Crippen molar-refractivity contribution in [3.63, 3.8) is 0 Å². The summed E-state index contributed by atoms with van der Waals surface area (Å²) < 4.78 is 0. The molecule has 1 fully saturated rings. The van der Waals surface area contributed by atoms with Gasteiger partial charge in [0.2, 0.25) is 5.91 Å².